The van der Waals surface area contributed by atoms with Crippen LogP contribution >= 0.6 is 11.8 Å². The number of fused-ring (bicyclic) bond motifs is 1. The monoisotopic (exact) mass is 289 g/mol. The van der Waals surface area contributed by atoms with E-state index in [2.05, 4.69) is 10.4 Å². The van der Waals surface area contributed by atoms with Gasteiger partial charge < -0.3 is 14.9 Å². The van der Waals surface area contributed by atoms with Gasteiger partial charge in [-0.05, 0) is 29.8 Å². The molecule has 104 valence electrons. The first-order valence-electron chi connectivity index (χ1n) is 6.29. The zero-order chi connectivity index (χ0) is 13.8. The number of ether oxygens (including phenoxy) is 2. The van der Waals surface area contributed by atoms with E-state index < -0.39 is 0 Å². The van der Waals surface area contributed by atoms with Gasteiger partial charge in [0.2, 0.25) is 0 Å². The van der Waals surface area contributed by atoms with Gasteiger partial charge in [-0.1, -0.05) is 6.07 Å². The lowest BCUT2D eigenvalue weighted by molar-refractivity contribution is 0.171. The van der Waals surface area contributed by atoms with Gasteiger partial charge in [0.25, 0.3) is 0 Å². The second kappa shape index (κ2) is 6.02. The molecule has 0 spiro atoms. The molecule has 6 heteroatoms. The van der Waals surface area contributed by atoms with Gasteiger partial charge in [0.1, 0.15) is 19.0 Å². The van der Waals surface area contributed by atoms with E-state index in [0.29, 0.717) is 19.0 Å². The Labute approximate surface area is 121 Å². The molecule has 0 atom stereocenters. The Balaban J connectivity index is 1.65. The quantitative estimate of drug-likeness (QED) is 0.512. The molecular weight excluding hydrogens is 274 g/mol. The van der Waals surface area contributed by atoms with Crippen LogP contribution in [0.2, 0.25) is 0 Å². The lowest BCUT2D eigenvalue weighted by atomic mass is 10.3. The van der Waals surface area contributed by atoms with E-state index in [-0.39, 0.29) is 0 Å². The molecule has 0 unspecified atom stereocenters. The number of anilines is 1. The maximum atomic E-state index is 5.57. The van der Waals surface area contributed by atoms with Crippen molar-refractivity contribution in [2.45, 2.75) is 10.6 Å². The summed E-state index contributed by atoms with van der Waals surface area (Å²) in [4.78, 5) is 5.33. The van der Waals surface area contributed by atoms with Gasteiger partial charge in [0.05, 0.1) is 0 Å². The van der Waals surface area contributed by atoms with Gasteiger partial charge in [0, 0.05) is 16.8 Å². The van der Waals surface area contributed by atoms with E-state index in [1.54, 1.807) is 11.8 Å². The Morgan fingerprint density at radius 3 is 2.75 bits per heavy atom. The van der Waals surface area contributed by atoms with Gasteiger partial charge in [-0.15, -0.1) is 11.8 Å². The average Bonchev–Trinajstić information content (AvgIpc) is 2.53. The average molecular weight is 289 g/mol. The zero-order valence-electron chi connectivity index (χ0n) is 10.8. The maximum absolute atomic E-state index is 5.57. The lowest BCUT2D eigenvalue weighted by Gasteiger charge is -2.18. The number of hydrazine groups is 1. The van der Waals surface area contributed by atoms with Crippen LogP contribution in [0.15, 0.2) is 41.4 Å². The molecule has 1 aliphatic rings. The minimum Gasteiger partial charge on any atom is -0.486 e. The fourth-order valence-electron chi connectivity index (χ4n) is 1.88. The molecule has 1 aromatic heterocycles. The van der Waals surface area contributed by atoms with Crippen molar-refractivity contribution < 1.29 is 9.47 Å². The molecule has 2 heterocycles. The molecule has 0 bridgehead atoms. The highest BCUT2D eigenvalue weighted by Gasteiger charge is 2.11. The third kappa shape index (κ3) is 2.97. The lowest BCUT2D eigenvalue weighted by Crippen LogP contribution is -2.15. The first-order valence-corrected chi connectivity index (χ1v) is 7.28. The Kier molecular flexibility index (Phi) is 3.94. The van der Waals surface area contributed by atoms with Crippen molar-refractivity contribution in [2.75, 3.05) is 18.6 Å². The van der Waals surface area contributed by atoms with Crippen LogP contribution < -0.4 is 20.7 Å². The molecule has 0 fully saturated rings. The van der Waals surface area contributed by atoms with Crippen molar-refractivity contribution >= 4 is 17.6 Å². The fourth-order valence-corrected chi connectivity index (χ4v) is 2.73. The Morgan fingerprint density at radius 2 is 2.00 bits per heavy atom. The number of aromatic nitrogens is 1. The Morgan fingerprint density at radius 1 is 1.15 bits per heavy atom. The summed E-state index contributed by atoms with van der Waals surface area (Å²) >= 11 is 1.73. The highest BCUT2D eigenvalue weighted by atomic mass is 32.2. The maximum Gasteiger partial charge on any atom is 0.162 e. The normalized spacial score (nSPS) is 13.1. The van der Waals surface area contributed by atoms with Crippen LogP contribution in [0.25, 0.3) is 0 Å². The molecule has 0 aliphatic carbocycles. The zero-order valence-corrected chi connectivity index (χ0v) is 11.7. The number of hydrogen-bond donors (Lipinski definition) is 2. The summed E-state index contributed by atoms with van der Waals surface area (Å²) in [6.07, 6.45) is 1.82. The summed E-state index contributed by atoms with van der Waals surface area (Å²) in [5.74, 6) is 8.44. The molecule has 0 radical (unpaired) electrons. The number of rotatable bonds is 4. The number of nitrogens with two attached hydrogens (primary N) is 1. The molecule has 20 heavy (non-hydrogen) atoms. The first-order chi connectivity index (χ1) is 9.85. The molecule has 1 aliphatic heterocycles. The smallest absolute Gasteiger partial charge is 0.162 e. The second-order valence-electron chi connectivity index (χ2n) is 4.29. The van der Waals surface area contributed by atoms with Gasteiger partial charge in [-0.3, -0.25) is 0 Å². The standard InChI is InChI=1S/C14H15N3O2S/c15-17-14-4-1-10(8-16-14)9-20-11-2-3-12-13(7-11)19-6-5-18-12/h1-4,7-8H,5-6,9,15H2,(H,16,17). The molecule has 0 amide bonds. The van der Waals surface area contributed by atoms with E-state index in [4.69, 9.17) is 15.3 Å². The van der Waals surface area contributed by atoms with E-state index in [0.717, 1.165) is 27.7 Å². The van der Waals surface area contributed by atoms with Crippen LogP contribution in [0.4, 0.5) is 5.82 Å². The van der Waals surface area contributed by atoms with E-state index in [1.165, 1.54) is 0 Å². The van der Waals surface area contributed by atoms with Gasteiger partial charge in [-0.2, -0.15) is 0 Å². The highest BCUT2D eigenvalue weighted by molar-refractivity contribution is 7.98. The van der Waals surface area contributed by atoms with Gasteiger partial charge in [0.15, 0.2) is 11.5 Å². The minimum absolute atomic E-state index is 0.610. The number of pyridine rings is 1. The van der Waals surface area contributed by atoms with Crippen LogP contribution in [0, 0.1) is 0 Å². The molecule has 2 aromatic rings. The largest absolute Gasteiger partial charge is 0.486 e. The minimum atomic E-state index is 0.610. The first kappa shape index (κ1) is 13.1. The topological polar surface area (TPSA) is 69.4 Å². The summed E-state index contributed by atoms with van der Waals surface area (Å²) in [6.45, 7) is 1.23. The molecule has 0 saturated carbocycles. The summed E-state index contributed by atoms with van der Waals surface area (Å²) < 4.78 is 11.1. The Hall–Kier alpha value is -1.92. The van der Waals surface area contributed by atoms with Gasteiger partial charge in [-0.25, -0.2) is 10.8 Å². The van der Waals surface area contributed by atoms with Crippen molar-refractivity contribution in [3.63, 3.8) is 0 Å². The van der Waals surface area contributed by atoms with Crippen molar-refractivity contribution in [2.24, 2.45) is 5.84 Å². The predicted molar refractivity (Wildman–Crippen MR) is 79.0 cm³/mol. The third-order valence-electron chi connectivity index (χ3n) is 2.89. The van der Waals surface area contributed by atoms with Crippen molar-refractivity contribution in [1.29, 1.82) is 0 Å². The molecule has 0 saturated heterocycles. The summed E-state index contributed by atoms with van der Waals surface area (Å²) in [6, 6.07) is 9.88. The van der Waals surface area contributed by atoms with Crippen LogP contribution in [0.3, 0.4) is 0 Å². The van der Waals surface area contributed by atoms with E-state index in [9.17, 15) is 0 Å². The van der Waals surface area contributed by atoms with Gasteiger partial charge >= 0.3 is 0 Å². The number of nitrogens with one attached hydrogen (secondary N) is 1. The van der Waals surface area contributed by atoms with E-state index >= 15 is 0 Å². The number of hydrogen-bond acceptors (Lipinski definition) is 6. The van der Waals surface area contributed by atoms with Crippen molar-refractivity contribution in [3.05, 3.63) is 42.1 Å². The summed E-state index contributed by atoms with van der Waals surface area (Å²) in [5, 5.41) is 0. The van der Waals surface area contributed by atoms with Crippen molar-refractivity contribution in [3.8, 4) is 11.5 Å². The number of benzene rings is 1. The van der Waals surface area contributed by atoms with E-state index in [1.807, 2.05) is 36.5 Å². The van der Waals surface area contributed by atoms with Crippen LogP contribution in [-0.2, 0) is 5.75 Å². The van der Waals surface area contributed by atoms with Crippen LogP contribution in [0.5, 0.6) is 11.5 Å². The number of nitrogen functional groups attached to an aromatic ring is 1. The SMILES string of the molecule is NNc1ccc(CSc2ccc3c(c2)OCCO3)cn1. The molecule has 3 N–H and O–H groups in total. The molecule has 5 nitrogen and oxygen atoms in total. The third-order valence-corrected chi connectivity index (χ3v) is 3.96. The molecule has 1 aromatic carbocycles. The highest BCUT2D eigenvalue weighted by Crippen LogP contribution is 2.35. The number of thioether (sulfide) groups is 1. The summed E-state index contributed by atoms with van der Waals surface area (Å²) in [5.41, 5.74) is 3.66. The predicted octanol–water partition coefficient (Wildman–Crippen LogP) is 2.43. The Bertz CT molecular complexity index is 589. The molecular formula is C14H15N3O2S. The van der Waals surface area contributed by atoms with Crippen molar-refractivity contribution in [1.82, 2.24) is 4.98 Å². The fraction of sp³-hybridized carbons (Fsp3) is 0.214. The van der Waals surface area contributed by atoms with Crippen LogP contribution in [-0.4, -0.2) is 18.2 Å². The molecule has 3 rings (SSSR count). The number of nitrogens with zero attached hydrogens (tertiary/aromatic N) is 1. The summed E-state index contributed by atoms with van der Waals surface area (Å²) in [7, 11) is 0. The second-order valence-corrected chi connectivity index (χ2v) is 5.34. The van der Waals surface area contributed by atoms with Crippen LogP contribution in [0.1, 0.15) is 5.56 Å².